The van der Waals surface area contributed by atoms with Crippen molar-refractivity contribution in [2.75, 3.05) is 25.0 Å². The number of para-hydroxylation sites is 1. The van der Waals surface area contributed by atoms with Crippen molar-refractivity contribution in [2.45, 2.75) is 19.8 Å². The molecule has 3 rings (SSSR count). The van der Waals surface area contributed by atoms with Crippen molar-refractivity contribution >= 4 is 23.5 Å². The zero-order chi connectivity index (χ0) is 20.8. The van der Waals surface area contributed by atoms with Gasteiger partial charge in [0.05, 0.1) is 5.56 Å². The summed E-state index contributed by atoms with van der Waals surface area (Å²) >= 11 is 0. The molecule has 0 atom stereocenters. The van der Waals surface area contributed by atoms with E-state index in [4.69, 9.17) is 9.84 Å². The fourth-order valence-corrected chi connectivity index (χ4v) is 3.27. The van der Waals surface area contributed by atoms with Crippen LogP contribution in [0, 0.1) is 12.8 Å². The Morgan fingerprint density at radius 1 is 1.10 bits per heavy atom. The van der Waals surface area contributed by atoms with Crippen molar-refractivity contribution in [3.05, 3.63) is 59.7 Å². The van der Waals surface area contributed by atoms with E-state index in [0.29, 0.717) is 37.4 Å². The quantitative estimate of drug-likeness (QED) is 0.783. The molecule has 7 heteroatoms. The van der Waals surface area contributed by atoms with E-state index in [1.165, 1.54) is 12.1 Å². The Balaban J connectivity index is 1.50. The Morgan fingerprint density at radius 3 is 2.45 bits per heavy atom. The van der Waals surface area contributed by atoms with E-state index in [0.717, 1.165) is 5.56 Å². The molecule has 2 aromatic rings. The van der Waals surface area contributed by atoms with Gasteiger partial charge < -0.3 is 20.1 Å². The van der Waals surface area contributed by atoms with Gasteiger partial charge in [-0.15, -0.1) is 0 Å². The molecule has 2 N–H and O–H groups in total. The molecule has 29 heavy (non-hydrogen) atoms. The van der Waals surface area contributed by atoms with Crippen LogP contribution in [0.4, 0.5) is 5.69 Å². The van der Waals surface area contributed by atoms with Crippen molar-refractivity contribution in [3.63, 3.8) is 0 Å². The van der Waals surface area contributed by atoms with Gasteiger partial charge in [0, 0.05) is 24.7 Å². The molecule has 0 radical (unpaired) electrons. The second kappa shape index (κ2) is 9.23. The average Bonchev–Trinajstić information content (AvgIpc) is 2.74. The van der Waals surface area contributed by atoms with Crippen molar-refractivity contribution in [3.8, 4) is 5.75 Å². The Kier molecular flexibility index (Phi) is 6.49. The van der Waals surface area contributed by atoms with Crippen LogP contribution in [-0.2, 0) is 9.59 Å². The van der Waals surface area contributed by atoms with Gasteiger partial charge in [-0.1, -0.05) is 24.3 Å². The lowest BCUT2D eigenvalue weighted by molar-refractivity contribution is -0.136. The molecule has 0 bridgehead atoms. The maximum atomic E-state index is 12.6. The standard InChI is InChI=1S/C22H24N2O5/c1-15-7-8-17(22(27)28)13-19(15)23-21(26)16-9-11-24(12-10-16)20(25)14-29-18-5-3-2-4-6-18/h2-8,13,16H,9-12,14H2,1H3,(H,23,26)(H,27,28). The van der Waals surface area contributed by atoms with E-state index in [2.05, 4.69) is 5.32 Å². The monoisotopic (exact) mass is 396 g/mol. The average molecular weight is 396 g/mol. The Bertz CT molecular complexity index is 889. The summed E-state index contributed by atoms with van der Waals surface area (Å²) < 4.78 is 5.50. The van der Waals surface area contributed by atoms with Gasteiger partial charge in [-0.25, -0.2) is 4.79 Å². The molecule has 1 heterocycles. The number of carboxylic acid groups (broad SMARTS) is 1. The molecule has 1 aliphatic heterocycles. The van der Waals surface area contributed by atoms with Gasteiger partial charge in [0.1, 0.15) is 5.75 Å². The number of hydrogen-bond donors (Lipinski definition) is 2. The van der Waals surface area contributed by atoms with Gasteiger partial charge >= 0.3 is 5.97 Å². The fraction of sp³-hybridized carbons (Fsp3) is 0.318. The summed E-state index contributed by atoms with van der Waals surface area (Å²) in [5.41, 5.74) is 1.43. The maximum Gasteiger partial charge on any atom is 0.335 e. The van der Waals surface area contributed by atoms with Crippen molar-refractivity contribution in [1.82, 2.24) is 4.90 Å². The first-order chi connectivity index (χ1) is 13.9. The van der Waals surface area contributed by atoms with Gasteiger partial charge in [-0.2, -0.15) is 0 Å². The molecule has 2 amide bonds. The van der Waals surface area contributed by atoms with E-state index >= 15 is 0 Å². The lowest BCUT2D eigenvalue weighted by atomic mass is 9.95. The molecular weight excluding hydrogens is 372 g/mol. The first-order valence-electron chi connectivity index (χ1n) is 9.54. The van der Waals surface area contributed by atoms with Crippen LogP contribution in [0.25, 0.3) is 0 Å². The van der Waals surface area contributed by atoms with Crippen molar-refractivity contribution < 1.29 is 24.2 Å². The van der Waals surface area contributed by atoms with E-state index < -0.39 is 5.97 Å². The minimum Gasteiger partial charge on any atom is -0.484 e. The van der Waals surface area contributed by atoms with Gasteiger partial charge in [0.15, 0.2) is 6.61 Å². The van der Waals surface area contributed by atoms with Gasteiger partial charge in [0.2, 0.25) is 5.91 Å². The first-order valence-corrected chi connectivity index (χ1v) is 9.54. The van der Waals surface area contributed by atoms with Crippen LogP contribution in [0.3, 0.4) is 0 Å². The normalized spacial score (nSPS) is 14.3. The van der Waals surface area contributed by atoms with Crippen LogP contribution in [0.15, 0.2) is 48.5 Å². The zero-order valence-corrected chi connectivity index (χ0v) is 16.3. The lowest BCUT2D eigenvalue weighted by Crippen LogP contribution is -2.43. The summed E-state index contributed by atoms with van der Waals surface area (Å²) in [6.07, 6.45) is 1.11. The highest BCUT2D eigenvalue weighted by Crippen LogP contribution is 2.22. The predicted molar refractivity (Wildman–Crippen MR) is 108 cm³/mol. The number of rotatable bonds is 6. The molecule has 7 nitrogen and oxygen atoms in total. The number of piperidine rings is 1. The number of carbonyl (C=O) groups is 3. The van der Waals surface area contributed by atoms with Crippen LogP contribution < -0.4 is 10.1 Å². The Morgan fingerprint density at radius 2 is 1.79 bits per heavy atom. The molecule has 1 fully saturated rings. The van der Waals surface area contributed by atoms with Crippen LogP contribution in [0.2, 0.25) is 0 Å². The minimum atomic E-state index is -1.04. The lowest BCUT2D eigenvalue weighted by Gasteiger charge is -2.31. The highest BCUT2D eigenvalue weighted by molar-refractivity contribution is 5.96. The number of nitrogens with zero attached hydrogens (tertiary/aromatic N) is 1. The van der Waals surface area contributed by atoms with Crippen LogP contribution in [0.1, 0.15) is 28.8 Å². The number of likely N-dealkylation sites (tertiary alicyclic amines) is 1. The number of hydrogen-bond acceptors (Lipinski definition) is 4. The van der Waals surface area contributed by atoms with Crippen LogP contribution >= 0.6 is 0 Å². The Hall–Kier alpha value is -3.35. The molecule has 0 aliphatic carbocycles. The van der Waals surface area contributed by atoms with E-state index in [-0.39, 0.29) is 29.9 Å². The summed E-state index contributed by atoms with van der Waals surface area (Å²) in [5, 5.41) is 12.0. The predicted octanol–water partition coefficient (Wildman–Crippen LogP) is 2.95. The van der Waals surface area contributed by atoms with Crippen LogP contribution in [0.5, 0.6) is 5.75 Å². The summed E-state index contributed by atoms with van der Waals surface area (Å²) in [7, 11) is 0. The molecule has 0 saturated carbocycles. The number of aromatic carboxylic acids is 1. The second-order valence-corrected chi connectivity index (χ2v) is 7.08. The van der Waals surface area contributed by atoms with Crippen molar-refractivity contribution in [2.24, 2.45) is 5.92 Å². The van der Waals surface area contributed by atoms with E-state index in [9.17, 15) is 14.4 Å². The van der Waals surface area contributed by atoms with Gasteiger partial charge in [-0.3, -0.25) is 9.59 Å². The number of anilines is 1. The Labute approximate surface area is 169 Å². The summed E-state index contributed by atoms with van der Waals surface area (Å²) in [6, 6.07) is 13.8. The number of nitrogens with one attached hydrogen (secondary N) is 1. The third-order valence-corrected chi connectivity index (χ3v) is 5.07. The van der Waals surface area contributed by atoms with E-state index in [1.807, 2.05) is 25.1 Å². The molecule has 0 aromatic heterocycles. The van der Waals surface area contributed by atoms with Crippen LogP contribution in [-0.4, -0.2) is 47.5 Å². The summed E-state index contributed by atoms with van der Waals surface area (Å²) in [5.74, 6) is -0.859. The maximum absolute atomic E-state index is 12.6. The SMILES string of the molecule is Cc1ccc(C(=O)O)cc1NC(=O)C1CCN(C(=O)COc2ccccc2)CC1. The number of benzene rings is 2. The summed E-state index contributed by atoms with van der Waals surface area (Å²) in [4.78, 5) is 37.8. The highest BCUT2D eigenvalue weighted by Gasteiger charge is 2.27. The number of aryl methyl sites for hydroxylation is 1. The van der Waals surface area contributed by atoms with Crippen molar-refractivity contribution in [1.29, 1.82) is 0 Å². The highest BCUT2D eigenvalue weighted by atomic mass is 16.5. The van der Waals surface area contributed by atoms with E-state index in [1.54, 1.807) is 23.1 Å². The smallest absolute Gasteiger partial charge is 0.335 e. The minimum absolute atomic E-state index is 0.0257. The number of amides is 2. The second-order valence-electron chi connectivity index (χ2n) is 7.08. The van der Waals surface area contributed by atoms with Gasteiger partial charge in [0.25, 0.3) is 5.91 Å². The molecular formula is C22H24N2O5. The number of ether oxygens (including phenoxy) is 1. The first kappa shape index (κ1) is 20.4. The topological polar surface area (TPSA) is 95.9 Å². The zero-order valence-electron chi connectivity index (χ0n) is 16.3. The third kappa shape index (κ3) is 5.34. The molecule has 0 unspecified atom stereocenters. The number of carboxylic acids is 1. The molecule has 1 saturated heterocycles. The molecule has 2 aromatic carbocycles. The summed E-state index contributed by atoms with van der Waals surface area (Å²) in [6.45, 7) is 2.77. The fourth-order valence-electron chi connectivity index (χ4n) is 3.27. The third-order valence-electron chi connectivity index (χ3n) is 5.07. The molecule has 0 spiro atoms. The van der Waals surface area contributed by atoms with Gasteiger partial charge in [-0.05, 0) is 49.6 Å². The number of carbonyl (C=O) groups excluding carboxylic acids is 2. The molecule has 1 aliphatic rings. The molecule has 152 valence electrons. The largest absolute Gasteiger partial charge is 0.484 e.